The average Bonchev–Trinajstić information content (AvgIpc) is 3.00. The van der Waals surface area contributed by atoms with Crippen LogP contribution in [0.25, 0.3) is 0 Å². The smallest absolute Gasteiger partial charge is 0.454 e. The van der Waals surface area contributed by atoms with Crippen LogP contribution in [0.4, 0.5) is 8.78 Å². The number of fused-ring (bicyclic) bond motifs is 2. The largest absolute Gasteiger partial charge is 0.586 e. The van der Waals surface area contributed by atoms with Gasteiger partial charge in [0.15, 0.2) is 23.0 Å². The first-order valence-corrected chi connectivity index (χ1v) is 6.66. The van der Waals surface area contributed by atoms with Gasteiger partial charge >= 0.3 is 6.29 Å². The number of rotatable bonds is 0. The molecular formula is C16H14F2O4. The summed E-state index contributed by atoms with van der Waals surface area (Å²) in [6.07, 6.45) is -3.50. The van der Waals surface area contributed by atoms with Gasteiger partial charge in [0, 0.05) is 0 Å². The summed E-state index contributed by atoms with van der Waals surface area (Å²) < 4.78 is 43.5. The molecule has 4 rings (SSSR count). The van der Waals surface area contributed by atoms with E-state index in [1.807, 2.05) is 25.1 Å². The van der Waals surface area contributed by atoms with Crippen molar-refractivity contribution in [1.29, 1.82) is 0 Å². The van der Waals surface area contributed by atoms with Crippen LogP contribution in [-0.4, -0.2) is 13.1 Å². The maximum Gasteiger partial charge on any atom is 0.586 e. The van der Waals surface area contributed by atoms with E-state index in [1.54, 1.807) is 13.0 Å². The summed E-state index contributed by atoms with van der Waals surface area (Å²) in [7, 11) is 0. The fourth-order valence-electron chi connectivity index (χ4n) is 2.06. The highest BCUT2D eigenvalue weighted by Gasteiger charge is 2.43. The summed E-state index contributed by atoms with van der Waals surface area (Å²) in [5, 5.41) is 0. The maximum absolute atomic E-state index is 12.4. The molecule has 22 heavy (non-hydrogen) atoms. The van der Waals surface area contributed by atoms with Crippen LogP contribution in [0.3, 0.4) is 0 Å². The van der Waals surface area contributed by atoms with Gasteiger partial charge in [-0.2, -0.15) is 0 Å². The first-order chi connectivity index (χ1) is 10.4. The lowest BCUT2D eigenvalue weighted by Crippen LogP contribution is -2.25. The van der Waals surface area contributed by atoms with Gasteiger partial charge in [0.05, 0.1) is 0 Å². The molecular weight excluding hydrogens is 294 g/mol. The van der Waals surface area contributed by atoms with Crippen molar-refractivity contribution in [2.45, 2.75) is 20.1 Å². The SMILES string of the molecule is Cc1ccc2c(c1)OC(F)(F)O2.Cc1ccc2c(c1)OCO2. The molecule has 0 aromatic heterocycles. The highest BCUT2D eigenvalue weighted by atomic mass is 19.3. The van der Waals surface area contributed by atoms with E-state index >= 15 is 0 Å². The topological polar surface area (TPSA) is 36.9 Å². The zero-order valence-corrected chi connectivity index (χ0v) is 12.1. The Morgan fingerprint density at radius 2 is 1.32 bits per heavy atom. The third-order valence-corrected chi connectivity index (χ3v) is 3.08. The van der Waals surface area contributed by atoms with Crippen LogP contribution in [-0.2, 0) is 0 Å². The van der Waals surface area contributed by atoms with Crippen LogP contribution in [0.1, 0.15) is 11.1 Å². The van der Waals surface area contributed by atoms with Crippen molar-refractivity contribution in [1.82, 2.24) is 0 Å². The second kappa shape index (κ2) is 5.36. The normalized spacial score (nSPS) is 16.0. The third kappa shape index (κ3) is 3.05. The van der Waals surface area contributed by atoms with E-state index in [0.717, 1.165) is 17.1 Å². The highest BCUT2D eigenvalue weighted by Crippen LogP contribution is 2.40. The fourth-order valence-corrected chi connectivity index (χ4v) is 2.06. The van der Waals surface area contributed by atoms with E-state index < -0.39 is 6.29 Å². The number of ether oxygens (including phenoxy) is 4. The molecule has 2 aliphatic rings. The van der Waals surface area contributed by atoms with Crippen LogP contribution in [0, 0.1) is 13.8 Å². The molecule has 0 bridgehead atoms. The molecule has 4 nitrogen and oxygen atoms in total. The summed E-state index contributed by atoms with van der Waals surface area (Å²) in [5.74, 6) is 1.90. The van der Waals surface area contributed by atoms with Crippen LogP contribution in [0.2, 0.25) is 0 Å². The molecule has 0 saturated heterocycles. The van der Waals surface area contributed by atoms with E-state index in [-0.39, 0.29) is 11.5 Å². The van der Waals surface area contributed by atoms with Crippen LogP contribution < -0.4 is 18.9 Å². The Morgan fingerprint density at radius 3 is 2.05 bits per heavy atom. The van der Waals surface area contributed by atoms with E-state index in [4.69, 9.17) is 9.47 Å². The number of hydrogen-bond donors (Lipinski definition) is 0. The van der Waals surface area contributed by atoms with Gasteiger partial charge in [-0.15, -0.1) is 8.78 Å². The second-order valence-electron chi connectivity index (χ2n) is 4.97. The number of benzene rings is 2. The van der Waals surface area contributed by atoms with Gasteiger partial charge in [-0.05, 0) is 49.2 Å². The molecule has 0 atom stereocenters. The first-order valence-electron chi connectivity index (χ1n) is 6.66. The van der Waals surface area contributed by atoms with E-state index in [9.17, 15) is 8.78 Å². The molecule has 2 aromatic rings. The predicted molar refractivity (Wildman–Crippen MR) is 74.7 cm³/mol. The third-order valence-electron chi connectivity index (χ3n) is 3.08. The Bertz CT molecular complexity index is 701. The van der Waals surface area contributed by atoms with Gasteiger partial charge in [-0.3, -0.25) is 0 Å². The number of halogens is 2. The highest BCUT2D eigenvalue weighted by molar-refractivity contribution is 5.45. The molecule has 0 fully saturated rings. The van der Waals surface area contributed by atoms with Crippen molar-refractivity contribution in [2.24, 2.45) is 0 Å². The van der Waals surface area contributed by atoms with Crippen molar-refractivity contribution in [3.05, 3.63) is 47.5 Å². The van der Waals surface area contributed by atoms with Gasteiger partial charge in [0.1, 0.15) is 0 Å². The molecule has 0 radical (unpaired) electrons. The Hall–Kier alpha value is -2.50. The minimum Gasteiger partial charge on any atom is -0.454 e. The van der Waals surface area contributed by atoms with Gasteiger partial charge < -0.3 is 18.9 Å². The summed E-state index contributed by atoms with van der Waals surface area (Å²) in [6.45, 7) is 4.18. The molecule has 0 aliphatic carbocycles. The molecule has 0 unspecified atom stereocenters. The zero-order chi connectivity index (χ0) is 15.7. The van der Waals surface area contributed by atoms with Gasteiger partial charge in [0.2, 0.25) is 6.79 Å². The summed E-state index contributed by atoms with van der Waals surface area (Å²) in [5.41, 5.74) is 2.05. The minimum atomic E-state index is -3.50. The lowest BCUT2D eigenvalue weighted by molar-refractivity contribution is -0.286. The first kappa shape index (κ1) is 14.4. The van der Waals surface area contributed by atoms with Crippen molar-refractivity contribution in [3.63, 3.8) is 0 Å². The molecule has 116 valence electrons. The molecule has 0 N–H and O–H groups in total. The predicted octanol–water partition coefficient (Wildman–Crippen LogP) is 4.04. The molecule has 2 heterocycles. The van der Waals surface area contributed by atoms with Crippen molar-refractivity contribution in [3.8, 4) is 23.0 Å². The summed E-state index contributed by atoms with van der Waals surface area (Å²) in [4.78, 5) is 0. The molecule has 2 aliphatic heterocycles. The average molecular weight is 308 g/mol. The number of aryl methyl sites for hydroxylation is 2. The van der Waals surface area contributed by atoms with Gasteiger partial charge in [0.25, 0.3) is 0 Å². The molecule has 2 aromatic carbocycles. The standard InChI is InChI=1S/C8H6F2O2.C8H8O2/c1-5-2-3-6-7(4-5)12-8(9,10)11-6;1-6-2-3-7-8(4-6)10-5-9-7/h2-4H,1H3;2-4H,5H2,1H3. The number of hydrogen-bond acceptors (Lipinski definition) is 4. The minimum absolute atomic E-state index is 0.0885. The molecule has 0 amide bonds. The molecule has 0 spiro atoms. The lowest BCUT2D eigenvalue weighted by atomic mass is 10.2. The van der Waals surface area contributed by atoms with E-state index in [1.165, 1.54) is 17.7 Å². The van der Waals surface area contributed by atoms with Crippen molar-refractivity contribution in [2.75, 3.05) is 6.79 Å². The molecule has 6 heteroatoms. The fraction of sp³-hybridized carbons (Fsp3) is 0.250. The summed E-state index contributed by atoms with van der Waals surface area (Å²) in [6, 6.07) is 10.6. The maximum atomic E-state index is 12.4. The quantitative estimate of drug-likeness (QED) is 0.736. The lowest BCUT2D eigenvalue weighted by Gasteiger charge is -2.04. The Morgan fingerprint density at radius 1 is 0.773 bits per heavy atom. The van der Waals surface area contributed by atoms with Crippen molar-refractivity contribution < 1.29 is 27.7 Å². The summed E-state index contributed by atoms with van der Waals surface area (Å²) >= 11 is 0. The molecule has 0 saturated carbocycles. The van der Waals surface area contributed by atoms with Gasteiger partial charge in [-0.1, -0.05) is 12.1 Å². The van der Waals surface area contributed by atoms with Crippen LogP contribution >= 0.6 is 0 Å². The Balaban J connectivity index is 0.000000133. The van der Waals surface area contributed by atoms with E-state index in [0.29, 0.717) is 6.79 Å². The van der Waals surface area contributed by atoms with Crippen molar-refractivity contribution >= 4 is 0 Å². The zero-order valence-electron chi connectivity index (χ0n) is 12.1. The second-order valence-corrected chi connectivity index (χ2v) is 4.97. The number of alkyl halides is 2. The monoisotopic (exact) mass is 308 g/mol. The van der Waals surface area contributed by atoms with E-state index in [2.05, 4.69) is 9.47 Å². The Labute approximate surface area is 126 Å². The Kier molecular flexibility index (Phi) is 3.52. The van der Waals surface area contributed by atoms with Crippen LogP contribution in [0.15, 0.2) is 36.4 Å². The van der Waals surface area contributed by atoms with Gasteiger partial charge in [-0.25, -0.2) is 0 Å². The van der Waals surface area contributed by atoms with Crippen LogP contribution in [0.5, 0.6) is 23.0 Å².